The molecule has 0 heterocycles. The van der Waals surface area contributed by atoms with Crippen LogP contribution in [0.2, 0.25) is 0 Å². The Kier molecular flexibility index (Phi) is 4.67. The smallest absolute Gasteiger partial charge is 0.407 e. The monoisotopic (exact) mass is 325 g/mol. The van der Waals surface area contributed by atoms with E-state index in [0.29, 0.717) is 6.04 Å². The second kappa shape index (κ2) is 5.37. The average molecular weight is 325 g/mol. The molecule has 0 spiro atoms. The lowest BCUT2D eigenvalue weighted by atomic mass is 10.1. The quantitative estimate of drug-likeness (QED) is 0.626. The molecule has 0 aliphatic heterocycles. The number of carbonyl (C=O) groups excluding carboxylic acids is 1. The number of rotatable bonds is 2. The molecule has 0 saturated heterocycles. The number of hydrogen-bond acceptors (Lipinski definition) is 2. The summed E-state index contributed by atoms with van der Waals surface area (Å²) in [5, 5.41) is 2.94. The minimum absolute atomic E-state index is 0.276. The molecule has 0 aromatic rings. The molecule has 0 radical (unpaired) electrons. The zero-order chi connectivity index (χ0) is 11.5. The van der Waals surface area contributed by atoms with Gasteiger partial charge in [0.1, 0.15) is 5.60 Å². The van der Waals surface area contributed by atoms with Crippen molar-refractivity contribution in [3.05, 3.63) is 0 Å². The molecule has 1 aliphatic carbocycles. The third-order valence-electron chi connectivity index (χ3n) is 2.48. The van der Waals surface area contributed by atoms with Crippen LogP contribution in [0.3, 0.4) is 0 Å². The van der Waals surface area contributed by atoms with Crippen molar-refractivity contribution in [2.24, 2.45) is 5.92 Å². The van der Waals surface area contributed by atoms with Crippen molar-refractivity contribution in [2.75, 3.05) is 4.43 Å². The van der Waals surface area contributed by atoms with Gasteiger partial charge in [0.05, 0.1) is 0 Å². The highest BCUT2D eigenvalue weighted by atomic mass is 127. The van der Waals surface area contributed by atoms with E-state index in [4.69, 9.17) is 4.74 Å². The molecule has 1 rings (SSSR count). The van der Waals surface area contributed by atoms with Gasteiger partial charge in [-0.1, -0.05) is 22.6 Å². The van der Waals surface area contributed by atoms with Gasteiger partial charge in [-0.25, -0.2) is 4.79 Å². The Morgan fingerprint density at radius 1 is 1.47 bits per heavy atom. The Hall–Kier alpha value is 0. The van der Waals surface area contributed by atoms with Crippen LogP contribution in [0.4, 0.5) is 4.79 Å². The van der Waals surface area contributed by atoms with Gasteiger partial charge in [-0.2, -0.15) is 0 Å². The van der Waals surface area contributed by atoms with Crippen LogP contribution in [-0.2, 0) is 4.74 Å². The van der Waals surface area contributed by atoms with Gasteiger partial charge in [-0.05, 0) is 46.0 Å². The van der Waals surface area contributed by atoms with E-state index in [1.807, 2.05) is 20.8 Å². The molecule has 0 bridgehead atoms. The highest BCUT2D eigenvalue weighted by molar-refractivity contribution is 14.1. The molecule has 0 unspecified atom stereocenters. The summed E-state index contributed by atoms with van der Waals surface area (Å²) < 4.78 is 6.40. The van der Waals surface area contributed by atoms with Gasteiger partial charge in [-0.15, -0.1) is 0 Å². The molecule has 15 heavy (non-hydrogen) atoms. The molecule has 1 fully saturated rings. The second-order valence-electron chi connectivity index (χ2n) is 5.18. The molecule has 0 aromatic heterocycles. The summed E-state index contributed by atoms with van der Waals surface area (Å²) in [7, 11) is 0. The lowest BCUT2D eigenvalue weighted by Gasteiger charge is -2.21. The maximum atomic E-state index is 11.5. The van der Waals surface area contributed by atoms with Gasteiger partial charge >= 0.3 is 6.09 Å². The lowest BCUT2D eigenvalue weighted by molar-refractivity contribution is 0.0505. The Morgan fingerprint density at radius 3 is 2.60 bits per heavy atom. The van der Waals surface area contributed by atoms with E-state index in [2.05, 4.69) is 27.9 Å². The van der Waals surface area contributed by atoms with E-state index >= 15 is 0 Å². The lowest BCUT2D eigenvalue weighted by Crippen LogP contribution is -2.37. The predicted molar refractivity (Wildman–Crippen MR) is 69.4 cm³/mol. The van der Waals surface area contributed by atoms with Gasteiger partial charge in [-0.3, -0.25) is 0 Å². The first-order chi connectivity index (χ1) is 6.90. The molecule has 3 nitrogen and oxygen atoms in total. The maximum Gasteiger partial charge on any atom is 0.407 e. The van der Waals surface area contributed by atoms with Crippen molar-refractivity contribution in [3.63, 3.8) is 0 Å². The van der Waals surface area contributed by atoms with Gasteiger partial charge < -0.3 is 10.1 Å². The largest absolute Gasteiger partial charge is 0.444 e. The van der Waals surface area contributed by atoms with Crippen molar-refractivity contribution in [1.82, 2.24) is 5.32 Å². The molecule has 4 heteroatoms. The normalized spacial score (nSPS) is 26.4. The van der Waals surface area contributed by atoms with Crippen LogP contribution in [-0.4, -0.2) is 22.2 Å². The number of alkyl halides is 1. The van der Waals surface area contributed by atoms with Crippen molar-refractivity contribution >= 4 is 28.7 Å². The van der Waals surface area contributed by atoms with E-state index in [9.17, 15) is 4.79 Å². The first-order valence-corrected chi connectivity index (χ1v) is 6.99. The topological polar surface area (TPSA) is 38.3 Å². The molecule has 1 amide bonds. The average Bonchev–Trinajstić information content (AvgIpc) is 2.48. The Labute approximate surface area is 105 Å². The fourth-order valence-corrected chi connectivity index (χ4v) is 2.62. The first kappa shape index (κ1) is 13.1. The standard InChI is InChI=1S/C11H20INO2/c1-11(2,3)15-10(14)13-9-5-4-8(6-9)7-12/h8-9H,4-7H2,1-3H3,(H,13,14)/t8-,9+/m1/s1. The number of ether oxygens (including phenoxy) is 1. The van der Waals surface area contributed by atoms with Crippen LogP contribution in [0.1, 0.15) is 40.0 Å². The molecule has 88 valence electrons. The minimum atomic E-state index is -0.397. The molecule has 1 N–H and O–H groups in total. The van der Waals surface area contributed by atoms with Crippen molar-refractivity contribution in [3.8, 4) is 0 Å². The zero-order valence-electron chi connectivity index (χ0n) is 9.68. The minimum Gasteiger partial charge on any atom is -0.444 e. The SMILES string of the molecule is CC(C)(C)OC(=O)N[C@H]1CC[C@@H](CI)C1. The van der Waals surface area contributed by atoms with Gasteiger partial charge in [0.25, 0.3) is 0 Å². The van der Waals surface area contributed by atoms with Crippen LogP contribution >= 0.6 is 22.6 Å². The van der Waals surface area contributed by atoms with E-state index in [1.165, 1.54) is 10.8 Å². The van der Waals surface area contributed by atoms with Crippen molar-refractivity contribution < 1.29 is 9.53 Å². The predicted octanol–water partition coefficient (Wildman–Crippen LogP) is 3.11. The summed E-state index contributed by atoms with van der Waals surface area (Å²) in [5.74, 6) is 0.769. The third-order valence-corrected chi connectivity index (χ3v) is 3.73. The summed E-state index contributed by atoms with van der Waals surface area (Å²) in [4.78, 5) is 11.5. The number of halogens is 1. The molecule has 2 atom stereocenters. The van der Waals surface area contributed by atoms with Crippen molar-refractivity contribution in [2.45, 2.75) is 51.7 Å². The Morgan fingerprint density at radius 2 is 2.13 bits per heavy atom. The molecule has 1 aliphatic rings. The Bertz CT molecular complexity index is 225. The summed E-state index contributed by atoms with van der Waals surface area (Å²) in [5.41, 5.74) is -0.397. The molecular formula is C11H20INO2. The van der Waals surface area contributed by atoms with Crippen LogP contribution in [0.5, 0.6) is 0 Å². The van der Waals surface area contributed by atoms with E-state index < -0.39 is 5.60 Å². The number of hydrogen-bond donors (Lipinski definition) is 1. The summed E-state index contributed by atoms with van der Waals surface area (Å²) in [6.07, 6.45) is 3.14. The molecular weight excluding hydrogens is 305 g/mol. The number of amides is 1. The maximum absolute atomic E-state index is 11.5. The van der Waals surface area contributed by atoms with Gasteiger partial charge in [0, 0.05) is 10.5 Å². The van der Waals surface area contributed by atoms with Crippen LogP contribution in [0.15, 0.2) is 0 Å². The van der Waals surface area contributed by atoms with E-state index in [0.717, 1.165) is 18.8 Å². The van der Waals surface area contributed by atoms with Crippen LogP contribution in [0.25, 0.3) is 0 Å². The van der Waals surface area contributed by atoms with Crippen molar-refractivity contribution in [1.29, 1.82) is 0 Å². The number of carbonyl (C=O) groups is 1. The van der Waals surface area contributed by atoms with E-state index in [1.54, 1.807) is 0 Å². The fourth-order valence-electron chi connectivity index (χ4n) is 1.82. The summed E-state index contributed by atoms with van der Waals surface area (Å²) >= 11 is 2.41. The third kappa shape index (κ3) is 5.04. The van der Waals surface area contributed by atoms with Gasteiger partial charge in [0.15, 0.2) is 0 Å². The molecule has 0 aromatic carbocycles. The summed E-state index contributed by atoms with van der Waals surface area (Å²) in [6.45, 7) is 5.65. The zero-order valence-corrected chi connectivity index (χ0v) is 11.8. The second-order valence-corrected chi connectivity index (χ2v) is 6.06. The van der Waals surface area contributed by atoms with Crippen LogP contribution < -0.4 is 5.32 Å². The first-order valence-electron chi connectivity index (χ1n) is 5.46. The highest BCUT2D eigenvalue weighted by Crippen LogP contribution is 2.27. The summed E-state index contributed by atoms with van der Waals surface area (Å²) in [6, 6.07) is 0.319. The van der Waals surface area contributed by atoms with Crippen LogP contribution in [0, 0.1) is 5.92 Å². The van der Waals surface area contributed by atoms with E-state index in [-0.39, 0.29) is 6.09 Å². The Balaban J connectivity index is 2.28. The number of alkyl carbamates (subject to hydrolysis) is 1. The van der Waals surface area contributed by atoms with Gasteiger partial charge in [0.2, 0.25) is 0 Å². The number of nitrogens with one attached hydrogen (secondary N) is 1. The highest BCUT2D eigenvalue weighted by Gasteiger charge is 2.26. The molecule has 1 saturated carbocycles. The fraction of sp³-hybridized carbons (Fsp3) is 0.909.